The highest BCUT2D eigenvalue weighted by molar-refractivity contribution is 5.94. The van der Waals surface area contributed by atoms with Crippen molar-refractivity contribution in [1.82, 2.24) is 0 Å². The molecule has 0 radical (unpaired) electrons. The molecule has 2 aromatic rings. The lowest BCUT2D eigenvalue weighted by Gasteiger charge is -2.26. The van der Waals surface area contributed by atoms with Crippen molar-refractivity contribution in [3.63, 3.8) is 0 Å². The summed E-state index contributed by atoms with van der Waals surface area (Å²) in [6.45, 7) is 2.24. The first kappa shape index (κ1) is 17.7. The summed E-state index contributed by atoms with van der Waals surface area (Å²) >= 11 is 0. The molecule has 132 valence electrons. The van der Waals surface area contributed by atoms with Crippen molar-refractivity contribution in [2.45, 2.75) is 63.7 Å². The van der Waals surface area contributed by atoms with Crippen LogP contribution in [0.25, 0.3) is 0 Å². The normalized spacial score (nSPS) is 18.8. The predicted molar refractivity (Wildman–Crippen MR) is 102 cm³/mol. The molecular formula is C23H28O2. The fraction of sp³-hybridized carbons (Fsp3) is 0.435. The van der Waals surface area contributed by atoms with Gasteiger partial charge in [-0.25, -0.2) is 0 Å². The molecule has 1 heterocycles. The van der Waals surface area contributed by atoms with Crippen molar-refractivity contribution in [1.29, 1.82) is 0 Å². The molecule has 0 saturated heterocycles. The van der Waals surface area contributed by atoms with Crippen molar-refractivity contribution in [2.24, 2.45) is 0 Å². The lowest BCUT2D eigenvalue weighted by atomic mass is 9.72. The summed E-state index contributed by atoms with van der Waals surface area (Å²) in [7, 11) is 0. The average Bonchev–Trinajstić information content (AvgIpc) is 2.94. The Labute approximate surface area is 151 Å². The molecule has 3 rings (SSSR count). The molecule has 1 aliphatic heterocycles. The largest absolute Gasteiger partial charge is 0.425 e. The second-order valence-corrected chi connectivity index (χ2v) is 7.03. The Kier molecular flexibility index (Phi) is 5.91. The second kappa shape index (κ2) is 8.33. The van der Waals surface area contributed by atoms with Crippen molar-refractivity contribution in [2.75, 3.05) is 0 Å². The maximum absolute atomic E-state index is 12.9. The zero-order valence-electron chi connectivity index (χ0n) is 15.2. The van der Waals surface area contributed by atoms with E-state index >= 15 is 0 Å². The number of hydrogen-bond donors (Lipinski definition) is 0. The van der Waals surface area contributed by atoms with Crippen molar-refractivity contribution in [3.05, 3.63) is 65.7 Å². The third kappa shape index (κ3) is 3.63. The van der Waals surface area contributed by atoms with E-state index in [0.717, 1.165) is 29.7 Å². The molecule has 2 nitrogen and oxygen atoms in total. The van der Waals surface area contributed by atoms with E-state index in [1.807, 2.05) is 36.4 Å². The predicted octanol–water partition coefficient (Wildman–Crippen LogP) is 6.03. The van der Waals surface area contributed by atoms with Crippen LogP contribution in [-0.4, -0.2) is 5.97 Å². The minimum atomic E-state index is -0.638. The van der Waals surface area contributed by atoms with E-state index in [4.69, 9.17) is 4.74 Å². The van der Waals surface area contributed by atoms with Crippen LogP contribution in [0, 0.1) is 0 Å². The van der Waals surface area contributed by atoms with Gasteiger partial charge in [0.2, 0.25) is 0 Å². The van der Waals surface area contributed by atoms with Crippen molar-refractivity contribution < 1.29 is 9.53 Å². The summed E-state index contributed by atoms with van der Waals surface area (Å²) in [6.07, 6.45) is 9.52. The number of benzene rings is 2. The van der Waals surface area contributed by atoms with Crippen LogP contribution in [0.5, 0.6) is 5.75 Å². The number of hydrogen-bond acceptors (Lipinski definition) is 2. The van der Waals surface area contributed by atoms with E-state index < -0.39 is 5.41 Å². The van der Waals surface area contributed by atoms with Gasteiger partial charge in [-0.05, 0) is 18.1 Å². The van der Waals surface area contributed by atoms with Gasteiger partial charge in [0.1, 0.15) is 11.2 Å². The highest BCUT2D eigenvalue weighted by atomic mass is 16.5. The molecule has 1 atom stereocenters. The molecule has 25 heavy (non-hydrogen) atoms. The SMILES string of the molecule is CCCCCCCCCC1(c2ccccc2)C(=O)Oc2ccccc21. The van der Waals surface area contributed by atoms with E-state index in [-0.39, 0.29) is 5.97 Å². The lowest BCUT2D eigenvalue weighted by molar-refractivity contribution is -0.137. The summed E-state index contributed by atoms with van der Waals surface area (Å²) < 4.78 is 5.65. The van der Waals surface area contributed by atoms with Gasteiger partial charge in [-0.3, -0.25) is 4.79 Å². The number of unbranched alkanes of at least 4 members (excludes halogenated alkanes) is 6. The number of carbonyl (C=O) groups excluding carboxylic acids is 1. The molecule has 0 fully saturated rings. The minimum Gasteiger partial charge on any atom is -0.425 e. The van der Waals surface area contributed by atoms with Gasteiger partial charge in [0.25, 0.3) is 0 Å². The summed E-state index contributed by atoms with van der Waals surface area (Å²) in [5.41, 5.74) is 1.44. The van der Waals surface area contributed by atoms with Crippen LogP contribution >= 0.6 is 0 Å². The van der Waals surface area contributed by atoms with Gasteiger partial charge in [0.15, 0.2) is 0 Å². The van der Waals surface area contributed by atoms with E-state index in [9.17, 15) is 4.79 Å². The quantitative estimate of drug-likeness (QED) is 0.317. The van der Waals surface area contributed by atoms with Gasteiger partial charge in [-0.1, -0.05) is 100 Å². The highest BCUT2D eigenvalue weighted by Gasteiger charge is 2.49. The summed E-state index contributed by atoms with van der Waals surface area (Å²) in [6, 6.07) is 18.0. The maximum Gasteiger partial charge on any atom is 0.326 e. The zero-order chi connectivity index (χ0) is 17.5. The lowest BCUT2D eigenvalue weighted by Crippen LogP contribution is -2.35. The van der Waals surface area contributed by atoms with E-state index in [1.165, 1.54) is 38.5 Å². The Balaban J connectivity index is 1.77. The van der Waals surface area contributed by atoms with Gasteiger partial charge in [-0.2, -0.15) is 0 Å². The number of ether oxygens (including phenoxy) is 1. The molecule has 2 aromatic carbocycles. The second-order valence-electron chi connectivity index (χ2n) is 7.03. The molecule has 0 aromatic heterocycles. The first-order valence-electron chi connectivity index (χ1n) is 9.66. The Morgan fingerprint density at radius 2 is 1.44 bits per heavy atom. The van der Waals surface area contributed by atoms with E-state index in [1.54, 1.807) is 0 Å². The van der Waals surface area contributed by atoms with E-state index in [0.29, 0.717) is 0 Å². The molecule has 0 amide bonds. The van der Waals surface area contributed by atoms with Crippen LogP contribution in [0.4, 0.5) is 0 Å². The number of rotatable bonds is 9. The fourth-order valence-electron chi connectivity index (χ4n) is 3.93. The first-order valence-corrected chi connectivity index (χ1v) is 9.66. The molecule has 0 saturated carbocycles. The molecule has 1 aliphatic rings. The molecule has 0 spiro atoms. The Bertz CT molecular complexity index is 692. The molecule has 1 unspecified atom stereocenters. The van der Waals surface area contributed by atoms with Gasteiger partial charge < -0.3 is 4.74 Å². The van der Waals surface area contributed by atoms with E-state index in [2.05, 4.69) is 25.1 Å². The topological polar surface area (TPSA) is 26.3 Å². The number of fused-ring (bicyclic) bond motifs is 1. The number of para-hydroxylation sites is 1. The molecule has 0 N–H and O–H groups in total. The molecule has 0 aliphatic carbocycles. The van der Waals surface area contributed by atoms with Crippen LogP contribution < -0.4 is 4.74 Å². The molecule has 0 bridgehead atoms. The standard InChI is InChI=1S/C23H28O2/c1-2-3-4-5-6-7-13-18-23(19-14-9-8-10-15-19)20-16-11-12-17-21(20)25-22(23)24/h8-12,14-17H,2-7,13,18H2,1H3. The number of esters is 1. The highest BCUT2D eigenvalue weighted by Crippen LogP contribution is 2.47. The monoisotopic (exact) mass is 336 g/mol. The van der Waals surface area contributed by atoms with Crippen LogP contribution in [0.1, 0.15) is 69.4 Å². The molecule has 2 heteroatoms. The smallest absolute Gasteiger partial charge is 0.326 e. The zero-order valence-corrected chi connectivity index (χ0v) is 15.2. The number of carbonyl (C=O) groups is 1. The van der Waals surface area contributed by atoms with Crippen molar-refractivity contribution in [3.8, 4) is 5.75 Å². The summed E-state index contributed by atoms with van der Waals surface area (Å²) in [4.78, 5) is 12.9. The minimum absolute atomic E-state index is 0.120. The third-order valence-corrected chi connectivity index (χ3v) is 5.32. The van der Waals surface area contributed by atoms with Crippen LogP contribution in [0.15, 0.2) is 54.6 Å². The third-order valence-electron chi connectivity index (χ3n) is 5.32. The summed E-state index contributed by atoms with van der Waals surface area (Å²) in [5, 5.41) is 0. The summed E-state index contributed by atoms with van der Waals surface area (Å²) in [5.74, 6) is 0.602. The fourth-order valence-corrected chi connectivity index (χ4v) is 3.93. The molecular weight excluding hydrogens is 308 g/mol. The average molecular weight is 336 g/mol. The maximum atomic E-state index is 12.9. The van der Waals surface area contributed by atoms with Gasteiger partial charge in [-0.15, -0.1) is 0 Å². The van der Waals surface area contributed by atoms with Gasteiger partial charge >= 0.3 is 5.97 Å². The Morgan fingerprint density at radius 1 is 0.800 bits per heavy atom. The van der Waals surface area contributed by atoms with Crippen molar-refractivity contribution >= 4 is 5.97 Å². The van der Waals surface area contributed by atoms with Crippen LogP contribution in [0.2, 0.25) is 0 Å². The Hall–Kier alpha value is -2.09. The van der Waals surface area contributed by atoms with Gasteiger partial charge in [0, 0.05) is 5.56 Å². The van der Waals surface area contributed by atoms with Gasteiger partial charge in [0.05, 0.1) is 0 Å². The Morgan fingerprint density at radius 3 is 2.20 bits per heavy atom. The first-order chi connectivity index (χ1) is 12.3. The van der Waals surface area contributed by atoms with Crippen LogP contribution in [0.3, 0.4) is 0 Å². The van der Waals surface area contributed by atoms with Crippen LogP contribution in [-0.2, 0) is 10.2 Å².